The van der Waals surface area contributed by atoms with Crippen LogP contribution in [0.15, 0.2) is 47.5 Å². The first-order valence-corrected chi connectivity index (χ1v) is 14.8. The van der Waals surface area contributed by atoms with Crippen molar-refractivity contribution in [3.05, 3.63) is 81.0 Å². The van der Waals surface area contributed by atoms with Gasteiger partial charge in [0.15, 0.2) is 0 Å². The number of piperazine rings is 1. The molecule has 0 bridgehead atoms. The van der Waals surface area contributed by atoms with Gasteiger partial charge in [-0.3, -0.25) is 9.59 Å². The van der Waals surface area contributed by atoms with E-state index in [1.807, 2.05) is 32.2 Å². The fourth-order valence-electron chi connectivity index (χ4n) is 6.56. The first kappa shape index (κ1) is 27.3. The van der Waals surface area contributed by atoms with Crippen LogP contribution in [-0.4, -0.2) is 58.6 Å². The summed E-state index contributed by atoms with van der Waals surface area (Å²) in [6.07, 6.45) is 8.93. The number of amides is 1. The van der Waals surface area contributed by atoms with Crippen molar-refractivity contribution in [3.63, 3.8) is 0 Å². The van der Waals surface area contributed by atoms with Gasteiger partial charge in [0.05, 0.1) is 0 Å². The highest BCUT2D eigenvalue weighted by Crippen LogP contribution is 2.37. The smallest absolute Gasteiger partial charge is 0.253 e. The first-order chi connectivity index (χ1) is 19.8. The van der Waals surface area contributed by atoms with Gasteiger partial charge in [0.2, 0.25) is 0 Å². The first-order valence-electron chi connectivity index (χ1n) is 14.8. The van der Waals surface area contributed by atoms with E-state index in [0.29, 0.717) is 17.2 Å². The monoisotopic (exact) mass is 552 g/mol. The molecule has 4 aromatic rings. The summed E-state index contributed by atoms with van der Waals surface area (Å²) in [5.74, 6) is 0.815. The Morgan fingerprint density at radius 1 is 1.00 bits per heavy atom. The minimum atomic E-state index is -0.175. The van der Waals surface area contributed by atoms with Crippen LogP contribution in [0, 0.1) is 20.8 Å². The lowest BCUT2D eigenvalue weighted by Gasteiger charge is -2.33. The second kappa shape index (κ2) is 11.2. The Morgan fingerprint density at radius 2 is 1.76 bits per heavy atom. The van der Waals surface area contributed by atoms with Crippen LogP contribution >= 0.6 is 0 Å². The van der Waals surface area contributed by atoms with Gasteiger partial charge in [0.25, 0.3) is 11.5 Å². The van der Waals surface area contributed by atoms with E-state index in [1.54, 1.807) is 0 Å². The maximum Gasteiger partial charge on any atom is 0.253 e. The molecule has 8 nitrogen and oxygen atoms in total. The third-order valence-electron chi connectivity index (χ3n) is 8.91. The van der Waals surface area contributed by atoms with Crippen LogP contribution in [0.1, 0.15) is 64.5 Å². The van der Waals surface area contributed by atoms with E-state index in [9.17, 15) is 9.59 Å². The lowest BCUT2D eigenvalue weighted by atomic mass is 9.98. The third-order valence-corrected chi connectivity index (χ3v) is 8.91. The molecule has 0 atom stereocenters. The number of fused-ring (bicyclic) bond motifs is 1. The number of rotatable bonds is 6. The number of nitrogens with one attached hydrogen (secondary N) is 2. The molecule has 1 aliphatic heterocycles. The Kier molecular flexibility index (Phi) is 7.43. The number of aromatic amines is 1. The fourth-order valence-corrected chi connectivity index (χ4v) is 6.56. The van der Waals surface area contributed by atoms with Gasteiger partial charge in [0, 0.05) is 84.4 Å². The minimum absolute atomic E-state index is 0.156. The number of aromatic nitrogens is 3. The van der Waals surface area contributed by atoms with E-state index in [-0.39, 0.29) is 18.0 Å². The maximum atomic E-state index is 13.8. The average Bonchev–Trinajstić information content (AvgIpc) is 3.60. The van der Waals surface area contributed by atoms with E-state index in [2.05, 4.69) is 63.0 Å². The minimum Gasteiger partial charge on any atom is -0.354 e. The van der Waals surface area contributed by atoms with Crippen LogP contribution in [0.4, 0.5) is 5.82 Å². The fraction of sp³-hybridized carbons (Fsp3) is 0.424. The second-order valence-electron chi connectivity index (χ2n) is 11.9. The molecule has 1 amide bonds. The van der Waals surface area contributed by atoms with Crippen LogP contribution in [0.3, 0.4) is 0 Å². The molecule has 1 aliphatic carbocycles. The summed E-state index contributed by atoms with van der Waals surface area (Å²) in [5, 5.41) is 4.04. The summed E-state index contributed by atoms with van der Waals surface area (Å²) in [5.41, 5.74) is 6.89. The predicted octanol–water partition coefficient (Wildman–Crippen LogP) is 5.11. The summed E-state index contributed by atoms with van der Waals surface area (Å²) < 4.78 is 2.39. The summed E-state index contributed by atoms with van der Waals surface area (Å²) in [6.45, 7) is 10.0. The van der Waals surface area contributed by atoms with Gasteiger partial charge in [-0.05, 0) is 87.7 Å². The number of anilines is 1. The highest BCUT2D eigenvalue weighted by molar-refractivity contribution is 6.09. The molecule has 2 fully saturated rings. The van der Waals surface area contributed by atoms with Crippen LogP contribution in [0.2, 0.25) is 0 Å². The Morgan fingerprint density at radius 3 is 2.44 bits per heavy atom. The average molecular weight is 553 g/mol. The largest absolute Gasteiger partial charge is 0.354 e. The van der Waals surface area contributed by atoms with E-state index in [4.69, 9.17) is 4.98 Å². The molecule has 214 valence electrons. The molecule has 0 unspecified atom stereocenters. The number of carbonyl (C=O) groups is 1. The predicted molar refractivity (Wildman–Crippen MR) is 165 cm³/mol. The zero-order valence-electron chi connectivity index (χ0n) is 24.6. The number of aryl methyl sites for hydroxylation is 3. The Hall–Kier alpha value is -3.91. The van der Waals surface area contributed by atoms with E-state index in [0.717, 1.165) is 83.7 Å². The number of hydrogen-bond acceptors (Lipinski definition) is 5. The maximum absolute atomic E-state index is 13.8. The molecule has 1 aromatic carbocycles. The Labute approximate surface area is 241 Å². The van der Waals surface area contributed by atoms with Gasteiger partial charge in [-0.25, -0.2) is 4.98 Å². The molecular formula is C33H40N6O2. The standard InChI is InChI=1S/C33H40N6O2/c1-21-15-23(3)36-33(41)28(21)19-35-32(40)27-16-25(17-29-31(27)22(2)20-39(29)26-7-5-6-8-26)24-9-10-30(34-18-24)38-13-11-37(4)12-14-38/h9-10,15-18,20,26H,5-8,11-14,19H2,1-4H3,(H,35,40)(H,36,41). The lowest BCUT2D eigenvalue weighted by Crippen LogP contribution is -2.44. The van der Waals surface area contributed by atoms with Crippen molar-refractivity contribution in [1.82, 2.24) is 24.8 Å². The van der Waals surface area contributed by atoms with Crippen molar-refractivity contribution in [2.75, 3.05) is 38.1 Å². The highest BCUT2D eigenvalue weighted by atomic mass is 16.1. The van der Waals surface area contributed by atoms with E-state index in [1.165, 1.54) is 12.8 Å². The van der Waals surface area contributed by atoms with Gasteiger partial charge in [-0.15, -0.1) is 0 Å². The number of benzene rings is 1. The van der Waals surface area contributed by atoms with Gasteiger partial charge in [-0.1, -0.05) is 12.8 Å². The summed E-state index contributed by atoms with van der Waals surface area (Å²) in [6, 6.07) is 10.8. The van der Waals surface area contributed by atoms with E-state index >= 15 is 0 Å². The molecule has 3 aromatic heterocycles. The summed E-state index contributed by atoms with van der Waals surface area (Å²) in [7, 11) is 2.15. The van der Waals surface area contributed by atoms with Crippen molar-refractivity contribution >= 4 is 22.6 Å². The van der Waals surface area contributed by atoms with Crippen LogP contribution in [-0.2, 0) is 6.54 Å². The second-order valence-corrected chi connectivity index (χ2v) is 11.9. The zero-order chi connectivity index (χ0) is 28.7. The van der Waals surface area contributed by atoms with Crippen molar-refractivity contribution in [2.45, 2.75) is 59.0 Å². The lowest BCUT2D eigenvalue weighted by molar-refractivity contribution is 0.0952. The van der Waals surface area contributed by atoms with Gasteiger partial charge in [-0.2, -0.15) is 0 Å². The van der Waals surface area contributed by atoms with Gasteiger partial charge in [0.1, 0.15) is 5.82 Å². The molecule has 2 aliphatic rings. The molecule has 1 saturated heterocycles. The molecule has 8 heteroatoms. The Balaban J connectivity index is 1.37. The number of H-pyrrole nitrogens is 1. The van der Waals surface area contributed by atoms with Crippen LogP contribution < -0.4 is 15.8 Å². The normalized spacial score (nSPS) is 16.5. The highest BCUT2D eigenvalue weighted by Gasteiger charge is 2.24. The van der Waals surface area contributed by atoms with Crippen LogP contribution in [0.5, 0.6) is 0 Å². The molecule has 0 spiro atoms. The van der Waals surface area contributed by atoms with Crippen LogP contribution in [0.25, 0.3) is 22.0 Å². The Bertz CT molecular complexity index is 1640. The molecule has 4 heterocycles. The number of nitrogens with zero attached hydrogens (tertiary/aromatic N) is 4. The van der Waals surface area contributed by atoms with Crippen molar-refractivity contribution < 1.29 is 4.79 Å². The number of carbonyl (C=O) groups excluding carboxylic acids is 1. The third kappa shape index (κ3) is 5.40. The SMILES string of the molecule is Cc1cc(C)c(CNC(=O)c2cc(-c3ccc(N4CCN(C)CC4)nc3)cc3c2c(C)cn3C2CCCC2)c(=O)[nH]1. The summed E-state index contributed by atoms with van der Waals surface area (Å²) in [4.78, 5) is 38.8. The van der Waals surface area contributed by atoms with Gasteiger partial charge >= 0.3 is 0 Å². The quantitative estimate of drug-likeness (QED) is 0.347. The molecular weight excluding hydrogens is 512 g/mol. The van der Waals surface area contributed by atoms with E-state index < -0.39 is 0 Å². The molecule has 41 heavy (non-hydrogen) atoms. The number of hydrogen-bond donors (Lipinski definition) is 2. The van der Waals surface area contributed by atoms with Crippen molar-refractivity contribution in [2.24, 2.45) is 0 Å². The summed E-state index contributed by atoms with van der Waals surface area (Å²) >= 11 is 0. The molecule has 6 rings (SSSR count). The topological polar surface area (TPSA) is 86.3 Å². The van der Waals surface area contributed by atoms with Crippen molar-refractivity contribution in [1.29, 1.82) is 0 Å². The molecule has 0 radical (unpaired) electrons. The number of pyridine rings is 2. The van der Waals surface area contributed by atoms with Crippen molar-refractivity contribution in [3.8, 4) is 11.1 Å². The number of likely N-dealkylation sites (N-methyl/N-ethyl adjacent to an activating group) is 1. The zero-order valence-corrected chi connectivity index (χ0v) is 24.6. The van der Waals surface area contributed by atoms with Gasteiger partial charge < -0.3 is 24.7 Å². The molecule has 2 N–H and O–H groups in total. The molecule has 1 saturated carbocycles.